The summed E-state index contributed by atoms with van der Waals surface area (Å²) in [5.41, 5.74) is 5.15. The molecule has 0 aliphatic carbocycles. The Morgan fingerprint density at radius 3 is 0.942 bits per heavy atom. The highest BCUT2D eigenvalue weighted by atomic mass is 79.9. The predicted molar refractivity (Wildman–Crippen MR) is 248 cm³/mol. The summed E-state index contributed by atoms with van der Waals surface area (Å²) in [4.78, 5) is 37.9. The van der Waals surface area contributed by atoms with Gasteiger partial charge in [0.2, 0.25) is 0 Å². The average molecular weight is 1460 g/mol. The fourth-order valence-corrected chi connectivity index (χ4v) is 13.5. The maximum absolute atomic E-state index is 5.19. The highest BCUT2D eigenvalue weighted by Crippen LogP contribution is 2.50. The van der Waals surface area contributed by atoms with Crippen LogP contribution >= 0.6 is 191 Å². The zero-order valence-corrected chi connectivity index (χ0v) is 43.6. The van der Waals surface area contributed by atoms with Gasteiger partial charge in [0, 0.05) is 97.5 Å². The molecule has 8 bridgehead atoms. The Hall–Kier alpha value is 0.000000000000000555. The molecule has 0 fully saturated rings. The molecule has 0 unspecified atom stereocenters. The molecule has 0 saturated carbocycles. The molecule has 9 rings (SSSR count). The number of H-pyrrole nitrogens is 2. The van der Waals surface area contributed by atoms with Crippen molar-refractivity contribution in [3.05, 3.63) is 77.9 Å². The van der Waals surface area contributed by atoms with Crippen molar-refractivity contribution in [2.24, 2.45) is 0 Å². The van der Waals surface area contributed by atoms with Crippen LogP contribution in [-0.4, -0.2) is 39.9 Å². The lowest BCUT2D eigenvalue weighted by Gasteiger charge is -2.07. The molecule has 4 aromatic carbocycles. The van der Waals surface area contributed by atoms with Crippen LogP contribution in [-0.2, 0) is 0 Å². The second kappa shape index (κ2) is 13.8. The van der Waals surface area contributed by atoms with E-state index in [1.54, 1.807) is 0 Å². The van der Waals surface area contributed by atoms with Gasteiger partial charge in [-0.25, -0.2) is 29.9 Å². The molecule has 2 aliphatic heterocycles. The van der Waals surface area contributed by atoms with E-state index in [4.69, 9.17) is 29.9 Å². The van der Waals surface area contributed by atoms with Crippen LogP contribution in [0.5, 0.6) is 0 Å². The summed E-state index contributed by atoms with van der Waals surface area (Å²) < 4.78 is 9.59. The number of rotatable bonds is 0. The quantitative estimate of drug-likeness (QED) is 0.146. The second-order valence-corrected chi connectivity index (χ2v) is 21.2. The highest BCUT2D eigenvalue weighted by molar-refractivity contribution is 9.14. The van der Waals surface area contributed by atoms with Crippen molar-refractivity contribution in [1.29, 1.82) is 0 Å². The molecule has 2 N–H and O–H groups in total. The molecule has 0 spiro atoms. The Bertz CT molecular complexity index is 2810. The van der Waals surface area contributed by atoms with E-state index in [1.165, 1.54) is 0 Å². The van der Waals surface area contributed by atoms with Gasteiger partial charge in [0.15, 0.2) is 23.3 Å². The topological polar surface area (TPSA) is 109 Å². The number of aromatic amines is 2. The molecule has 7 aromatic rings. The lowest BCUT2D eigenvalue weighted by Crippen LogP contribution is -1.87. The van der Waals surface area contributed by atoms with Crippen molar-refractivity contribution < 1.29 is 0 Å². The number of hydrogen-bond acceptors (Lipinski definition) is 6. The van der Waals surface area contributed by atoms with Crippen LogP contribution in [0.1, 0.15) is 0 Å². The van der Waals surface area contributed by atoms with E-state index in [0.717, 1.165) is 97.5 Å². The molecule has 0 amide bonds. The van der Waals surface area contributed by atoms with Gasteiger partial charge in [-0.1, -0.05) is 0 Å². The SMILES string of the molecule is Brc1cc(Br)c2c(c1Br)-c1nc-2nc2[nH]c(nc3nc(nc4[nH]c(n1)c1c(Br)cc(Br)c(Br)c41)-c1c(Br)cc(Br)c(Br)c1-3)c1c(Br)cc(Br)c(Br)c21. The van der Waals surface area contributed by atoms with E-state index in [9.17, 15) is 0 Å². The molecular weight excluding hydrogens is 1460 g/mol. The standard InChI is InChI=1S/C32H6Br12N8/c33-5-1-9(37)21(41)17-13(5)25-45-29(17)50-26-15-7(35)3-11(39)23(43)19(15)31(47-26)52-28-16-8(36)4-12(40)24(44)20(16)32(48-28)51-27-14-6(34)2-10(38)22(42)18(14)30(46-27)49-25/h1-4H,(H2,45,46,47,48,49,50,51,52). The molecule has 52 heavy (non-hydrogen) atoms. The minimum Gasteiger partial charge on any atom is -0.324 e. The van der Waals surface area contributed by atoms with Gasteiger partial charge in [-0.3, -0.25) is 0 Å². The van der Waals surface area contributed by atoms with Gasteiger partial charge < -0.3 is 9.97 Å². The monoisotopic (exact) mass is 1450 g/mol. The fourth-order valence-electron chi connectivity index (χ4n) is 6.13. The summed E-state index contributed by atoms with van der Waals surface area (Å²) in [5.74, 6) is 1.76. The summed E-state index contributed by atoms with van der Waals surface area (Å²) in [6.45, 7) is 0. The van der Waals surface area contributed by atoms with Crippen molar-refractivity contribution in [2.75, 3.05) is 0 Å². The first kappa shape index (κ1) is 37.6. The normalized spacial score (nSPS) is 12.2. The van der Waals surface area contributed by atoms with Crippen molar-refractivity contribution in [3.8, 4) is 45.6 Å². The van der Waals surface area contributed by atoms with Crippen LogP contribution in [0, 0.1) is 0 Å². The van der Waals surface area contributed by atoms with Gasteiger partial charge in [-0.15, -0.1) is 0 Å². The minimum atomic E-state index is 0.438. The Labute approximate surface area is 392 Å². The largest absolute Gasteiger partial charge is 0.324 e. The second-order valence-electron chi connectivity index (χ2n) is 11.2. The van der Waals surface area contributed by atoms with E-state index < -0.39 is 0 Å². The van der Waals surface area contributed by atoms with E-state index in [1.807, 2.05) is 24.3 Å². The van der Waals surface area contributed by atoms with Crippen LogP contribution in [0.4, 0.5) is 0 Å². The van der Waals surface area contributed by atoms with Crippen LogP contribution in [0.2, 0.25) is 0 Å². The lowest BCUT2D eigenvalue weighted by atomic mass is 10.1. The van der Waals surface area contributed by atoms with Crippen LogP contribution in [0.3, 0.4) is 0 Å². The summed E-state index contributed by atoms with van der Waals surface area (Å²) in [6, 6.07) is 7.85. The Morgan fingerprint density at radius 2 is 0.577 bits per heavy atom. The van der Waals surface area contributed by atoms with Crippen LogP contribution in [0.15, 0.2) is 77.9 Å². The van der Waals surface area contributed by atoms with Crippen molar-refractivity contribution >= 4 is 235 Å². The van der Waals surface area contributed by atoms with E-state index in [-0.39, 0.29) is 0 Å². The number of nitrogens with one attached hydrogen (secondary N) is 2. The maximum Gasteiger partial charge on any atom is 0.165 e. The van der Waals surface area contributed by atoms with Crippen molar-refractivity contribution in [1.82, 2.24) is 39.9 Å². The molecule has 3 aromatic heterocycles. The molecule has 2 aliphatic rings. The predicted octanol–water partition coefficient (Wildman–Crippen LogP) is 16.0. The van der Waals surface area contributed by atoms with Gasteiger partial charge in [-0.2, -0.15) is 0 Å². The van der Waals surface area contributed by atoms with Crippen molar-refractivity contribution in [3.63, 3.8) is 0 Å². The molecule has 20 heteroatoms. The van der Waals surface area contributed by atoms with Gasteiger partial charge in [0.05, 0.1) is 0 Å². The Balaban J connectivity index is 1.59. The van der Waals surface area contributed by atoms with Gasteiger partial charge in [-0.05, 0) is 215 Å². The number of fused-ring (bicyclic) bond motifs is 20. The fraction of sp³-hybridized carbons (Fsp3) is 0. The van der Waals surface area contributed by atoms with Crippen LogP contribution in [0.25, 0.3) is 89.7 Å². The third-order valence-electron chi connectivity index (χ3n) is 8.30. The zero-order valence-electron chi connectivity index (χ0n) is 24.5. The molecule has 258 valence electrons. The number of benzene rings is 4. The third-order valence-corrected chi connectivity index (χ3v) is 18.7. The van der Waals surface area contributed by atoms with Gasteiger partial charge >= 0.3 is 0 Å². The first-order valence-corrected chi connectivity index (χ1v) is 23.8. The summed E-state index contributed by atoms with van der Waals surface area (Å²) in [7, 11) is 0. The number of nitrogens with zero attached hydrogens (tertiary/aromatic N) is 6. The van der Waals surface area contributed by atoms with E-state index in [2.05, 4.69) is 201 Å². The number of hydrogen-bond donors (Lipinski definition) is 2. The number of aromatic nitrogens is 8. The van der Waals surface area contributed by atoms with Gasteiger partial charge in [0.25, 0.3) is 0 Å². The zero-order chi connectivity index (χ0) is 36.7. The first-order chi connectivity index (χ1) is 24.7. The third kappa shape index (κ3) is 5.79. The first-order valence-electron chi connectivity index (χ1n) is 14.3. The Morgan fingerprint density at radius 1 is 0.288 bits per heavy atom. The summed E-state index contributed by atoms with van der Waals surface area (Å²) in [6.07, 6.45) is 0. The smallest absolute Gasteiger partial charge is 0.165 e. The minimum absolute atomic E-state index is 0.438. The molecule has 0 saturated heterocycles. The summed E-state index contributed by atoms with van der Waals surface area (Å²) >= 11 is 45.2. The lowest BCUT2D eigenvalue weighted by molar-refractivity contribution is 1.19. The Kier molecular flexibility index (Phi) is 10.00. The molecular formula is C32H6Br12N8. The molecule has 8 nitrogen and oxygen atoms in total. The molecule has 0 radical (unpaired) electrons. The van der Waals surface area contributed by atoms with E-state index in [0.29, 0.717) is 45.9 Å². The molecule has 5 heterocycles. The maximum atomic E-state index is 5.19. The van der Waals surface area contributed by atoms with Crippen molar-refractivity contribution in [2.45, 2.75) is 0 Å². The number of halogens is 12. The van der Waals surface area contributed by atoms with Crippen LogP contribution < -0.4 is 0 Å². The van der Waals surface area contributed by atoms with Gasteiger partial charge in [0.1, 0.15) is 22.6 Å². The average Bonchev–Trinajstić information content (AvgIpc) is 3.82. The van der Waals surface area contributed by atoms with E-state index >= 15 is 0 Å². The highest BCUT2D eigenvalue weighted by Gasteiger charge is 2.30. The summed E-state index contributed by atoms with van der Waals surface area (Å²) in [5, 5.41) is 3.15. The molecule has 0 atom stereocenters.